The molecule has 1 aromatic heterocycles. The predicted molar refractivity (Wildman–Crippen MR) is 132 cm³/mol. The molecule has 0 radical (unpaired) electrons. The summed E-state index contributed by atoms with van der Waals surface area (Å²) < 4.78 is 0.805. The van der Waals surface area contributed by atoms with Crippen LogP contribution in [-0.4, -0.2) is 16.5 Å². The largest absolute Gasteiger partial charge is 0.353 e. The summed E-state index contributed by atoms with van der Waals surface area (Å²) in [4.78, 5) is 9.12. The summed E-state index contributed by atoms with van der Waals surface area (Å²) >= 11 is 3.54. The SMILES string of the molecule is C=C(/C=C(\C)C1CC1)Nc1nc(NCC(c2ccccc2)c2ccccc2)ncc1Br. The van der Waals surface area contributed by atoms with Gasteiger partial charge < -0.3 is 10.6 Å². The van der Waals surface area contributed by atoms with Gasteiger partial charge >= 0.3 is 0 Å². The van der Waals surface area contributed by atoms with Crippen LogP contribution >= 0.6 is 15.9 Å². The van der Waals surface area contributed by atoms with E-state index in [9.17, 15) is 0 Å². The normalized spacial score (nSPS) is 13.8. The Hall–Kier alpha value is -2.92. The van der Waals surface area contributed by atoms with Crippen LogP contribution < -0.4 is 10.6 Å². The van der Waals surface area contributed by atoms with Crippen LogP contribution in [0.15, 0.2) is 95.3 Å². The lowest BCUT2D eigenvalue weighted by atomic mass is 9.91. The maximum atomic E-state index is 4.67. The molecule has 0 amide bonds. The van der Waals surface area contributed by atoms with Crippen molar-refractivity contribution >= 4 is 27.7 Å². The topological polar surface area (TPSA) is 49.8 Å². The molecule has 1 saturated carbocycles. The number of halogens is 1. The summed E-state index contributed by atoms with van der Waals surface area (Å²) in [5.41, 5.74) is 4.72. The molecule has 1 heterocycles. The predicted octanol–water partition coefficient (Wildman–Crippen LogP) is 6.77. The van der Waals surface area contributed by atoms with E-state index in [2.05, 4.69) is 105 Å². The number of hydrogen-bond donors (Lipinski definition) is 2. The van der Waals surface area contributed by atoms with E-state index in [1.54, 1.807) is 6.20 Å². The van der Waals surface area contributed by atoms with Crippen molar-refractivity contribution in [2.24, 2.45) is 5.92 Å². The molecule has 0 bridgehead atoms. The van der Waals surface area contributed by atoms with Gasteiger partial charge in [0.05, 0.1) is 4.47 Å². The van der Waals surface area contributed by atoms with Crippen LogP contribution in [0.1, 0.15) is 36.8 Å². The smallest absolute Gasteiger partial charge is 0.224 e. The minimum Gasteiger partial charge on any atom is -0.353 e. The molecule has 5 heteroatoms. The van der Waals surface area contributed by atoms with Crippen LogP contribution in [0.5, 0.6) is 0 Å². The van der Waals surface area contributed by atoms with Crippen LogP contribution in [0.4, 0.5) is 11.8 Å². The zero-order chi connectivity index (χ0) is 21.6. The van der Waals surface area contributed by atoms with Gasteiger partial charge in [0.25, 0.3) is 0 Å². The third-order valence-corrected chi connectivity index (χ3v) is 6.09. The first-order valence-electron chi connectivity index (χ1n) is 10.6. The Kier molecular flexibility index (Phi) is 6.82. The highest BCUT2D eigenvalue weighted by molar-refractivity contribution is 9.10. The van der Waals surface area contributed by atoms with E-state index in [1.807, 2.05) is 12.1 Å². The standard InChI is InChI=1S/C26H27BrN4/c1-18(20-13-14-20)15-19(2)30-25-24(27)17-29-26(31-25)28-16-23(21-9-5-3-6-10-21)22-11-7-4-8-12-22/h3-12,15,17,20,23H,2,13-14,16H2,1H3,(H2,28,29,30,31)/b18-15+. The van der Waals surface area contributed by atoms with Crippen molar-refractivity contribution in [1.29, 1.82) is 0 Å². The lowest BCUT2D eigenvalue weighted by molar-refractivity contribution is 0.842. The fourth-order valence-corrected chi connectivity index (χ4v) is 3.94. The Bertz CT molecular complexity index is 1020. The van der Waals surface area contributed by atoms with Crippen LogP contribution in [-0.2, 0) is 0 Å². The van der Waals surface area contributed by atoms with Gasteiger partial charge in [-0.1, -0.05) is 72.8 Å². The fraction of sp³-hybridized carbons (Fsp3) is 0.231. The second-order valence-corrected chi connectivity index (χ2v) is 8.81. The highest BCUT2D eigenvalue weighted by Crippen LogP contribution is 2.36. The third-order valence-electron chi connectivity index (χ3n) is 5.51. The number of rotatable bonds is 9. The molecule has 2 N–H and O–H groups in total. The average Bonchev–Trinajstić information content (AvgIpc) is 3.63. The maximum absolute atomic E-state index is 4.67. The molecule has 0 saturated heterocycles. The van der Waals surface area contributed by atoms with Crippen molar-refractivity contribution < 1.29 is 0 Å². The molecule has 0 spiro atoms. The summed E-state index contributed by atoms with van der Waals surface area (Å²) in [7, 11) is 0. The molecular formula is C26H27BrN4. The molecule has 1 aliphatic carbocycles. The van der Waals surface area contributed by atoms with Crippen LogP contribution in [0.3, 0.4) is 0 Å². The van der Waals surface area contributed by atoms with Gasteiger partial charge in [-0.2, -0.15) is 4.98 Å². The molecule has 3 aromatic rings. The molecule has 31 heavy (non-hydrogen) atoms. The summed E-state index contributed by atoms with van der Waals surface area (Å²) in [6.45, 7) is 6.99. The number of benzene rings is 2. The molecule has 0 unspecified atom stereocenters. The van der Waals surface area contributed by atoms with E-state index in [1.165, 1.54) is 29.5 Å². The highest BCUT2D eigenvalue weighted by atomic mass is 79.9. The molecule has 0 aliphatic heterocycles. The van der Waals surface area contributed by atoms with E-state index >= 15 is 0 Å². The minimum atomic E-state index is 0.199. The van der Waals surface area contributed by atoms with Crippen LogP contribution in [0.25, 0.3) is 0 Å². The van der Waals surface area contributed by atoms with Crippen molar-refractivity contribution in [3.05, 3.63) is 106 Å². The number of anilines is 2. The molecule has 158 valence electrons. The summed E-state index contributed by atoms with van der Waals surface area (Å²) in [6.07, 6.45) is 6.44. The quantitative estimate of drug-likeness (QED) is 0.336. The lowest BCUT2D eigenvalue weighted by Crippen LogP contribution is -2.16. The molecule has 0 atom stereocenters. The monoisotopic (exact) mass is 474 g/mol. The van der Waals surface area contributed by atoms with Gasteiger partial charge in [0.15, 0.2) is 0 Å². The first-order valence-corrected chi connectivity index (χ1v) is 11.4. The minimum absolute atomic E-state index is 0.199. The molecule has 2 aromatic carbocycles. The van der Waals surface area contributed by atoms with E-state index < -0.39 is 0 Å². The van der Waals surface area contributed by atoms with Gasteiger partial charge in [-0.3, -0.25) is 0 Å². The maximum Gasteiger partial charge on any atom is 0.224 e. The Labute approximate surface area is 192 Å². The van der Waals surface area contributed by atoms with Crippen molar-refractivity contribution in [2.45, 2.75) is 25.7 Å². The van der Waals surface area contributed by atoms with Crippen molar-refractivity contribution in [1.82, 2.24) is 9.97 Å². The molecular weight excluding hydrogens is 448 g/mol. The van der Waals surface area contributed by atoms with E-state index in [-0.39, 0.29) is 5.92 Å². The number of hydrogen-bond acceptors (Lipinski definition) is 4. The third kappa shape index (κ3) is 5.82. The van der Waals surface area contributed by atoms with Gasteiger partial charge in [0.1, 0.15) is 5.82 Å². The average molecular weight is 475 g/mol. The molecule has 4 rings (SSSR count). The first-order chi connectivity index (χ1) is 15.1. The number of aromatic nitrogens is 2. The second-order valence-electron chi connectivity index (χ2n) is 7.96. The van der Waals surface area contributed by atoms with Gasteiger partial charge in [0.2, 0.25) is 5.95 Å². The first kappa shape index (κ1) is 21.3. The van der Waals surface area contributed by atoms with E-state index in [0.29, 0.717) is 18.3 Å². The van der Waals surface area contributed by atoms with E-state index in [4.69, 9.17) is 0 Å². The molecule has 1 aliphatic rings. The number of nitrogens with zero attached hydrogens (tertiary/aromatic N) is 2. The lowest BCUT2D eigenvalue weighted by Gasteiger charge is -2.19. The summed E-state index contributed by atoms with van der Waals surface area (Å²) in [5.74, 6) is 2.21. The van der Waals surface area contributed by atoms with Gasteiger partial charge in [-0.15, -0.1) is 0 Å². The van der Waals surface area contributed by atoms with Crippen molar-refractivity contribution in [3.8, 4) is 0 Å². The zero-order valence-corrected chi connectivity index (χ0v) is 19.3. The van der Waals surface area contributed by atoms with E-state index in [0.717, 1.165) is 16.1 Å². The van der Waals surface area contributed by atoms with Crippen LogP contribution in [0, 0.1) is 5.92 Å². The molecule has 1 fully saturated rings. The zero-order valence-electron chi connectivity index (χ0n) is 17.7. The second kappa shape index (κ2) is 9.92. The summed E-state index contributed by atoms with van der Waals surface area (Å²) in [5, 5.41) is 6.73. The fourth-order valence-electron chi connectivity index (χ4n) is 3.65. The Morgan fingerprint density at radius 2 is 1.71 bits per heavy atom. The molecule has 4 nitrogen and oxygen atoms in total. The summed E-state index contributed by atoms with van der Waals surface area (Å²) in [6, 6.07) is 21.0. The number of nitrogens with one attached hydrogen (secondary N) is 2. The Morgan fingerprint density at radius 3 is 2.29 bits per heavy atom. The van der Waals surface area contributed by atoms with Gasteiger partial charge in [-0.05, 0) is 58.8 Å². The van der Waals surface area contributed by atoms with Crippen LogP contribution in [0.2, 0.25) is 0 Å². The van der Waals surface area contributed by atoms with Crippen molar-refractivity contribution in [2.75, 3.05) is 17.2 Å². The van der Waals surface area contributed by atoms with Crippen molar-refractivity contribution in [3.63, 3.8) is 0 Å². The van der Waals surface area contributed by atoms with Gasteiger partial charge in [-0.25, -0.2) is 4.98 Å². The Balaban J connectivity index is 1.48. The van der Waals surface area contributed by atoms with Gasteiger partial charge in [0, 0.05) is 24.4 Å². The number of allylic oxidation sites excluding steroid dienone is 2. The highest BCUT2D eigenvalue weighted by Gasteiger charge is 2.23. The Morgan fingerprint density at radius 1 is 1.10 bits per heavy atom.